The van der Waals surface area contributed by atoms with Gasteiger partial charge in [0.15, 0.2) is 0 Å². The number of nitrogens with zero attached hydrogens (tertiary/aromatic N) is 1. The zero-order valence-corrected chi connectivity index (χ0v) is 12.7. The summed E-state index contributed by atoms with van der Waals surface area (Å²) in [5.74, 6) is 3.62. The van der Waals surface area contributed by atoms with Crippen LogP contribution in [-0.4, -0.2) is 36.0 Å². The molecule has 1 aliphatic rings. The van der Waals surface area contributed by atoms with E-state index in [9.17, 15) is 0 Å². The predicted molar refractivity (Wildman–Crippen MR) is 80.9 cm³/mol. The molecule has 0 aliphatic carbocycles. The quantitative estimate of drug-likeness (QED) is 0.562. The van der Waals surface area contributed by atoms with Crippen LogP contribution in [-0.2, 0) is 0 Å². The minimum atomic E-state index is 0.876. The summed E-state index contributed by atoms with van der Waals surface area (Å²) in [6, 6.07) is 0. The number of rotatable bonds is 9. The molecule has 0 amide bonds. The second-order valence-corrected chi connectivity index (χ2v) is 6.98. The number of hydrogen-bond donors (Lipinski definition) is 0. The van der Waals surface area contributed by atoms with Gasteiger partial charge >= 0.3 is 0 Å². The van der Waals surface area contributed by atoms with Gasteiger partial charge in [0, 0.05) is 0 Å². The van der Waals surface area contributed by atoms with E-state index in [-0.39, 0.29) is 0 Å². The lowest BCUT2D eigenvalue weighted by atomic mass is 10.1. The van der Waals surface area contributed by atoms with Crippen LogP contribution in [0.25, 0.3) is 0 Å². The third-order valence-corrected chi connectivity index (χ3v) is 4.65. The number of hydrogen-bond acceptors (Lipinski definition) is 2. The van der Waals surface area contributed by atoms with Crippen molar-refractivity contribution in [2.24, 2.45) is 5.92 Å². The van der Waals surface area contributed by atoms with E-state index in [4.69, 9.17) is 0 Å². The lowest BCUT2D eigenvalue weighted by molar-refractivity contribution is 0.224. The van der Waals surface area contributed by atoms with Crippen molar-refractivity contribution in [3.8, 4) is 0 Å². The Kier molecular flexibility index (Phi) is 9.27. The van der Waals surface area contributed by atoms with E-state index >= 15 is 0 Å². The molecule has 0 aromatic carbocycles. The highest BCUT2D eigenvalue weighted by atomic mass is 32.2. The number of piperidine rings is 1. The molecule has 1 saturated heterocycles. The van der Waals surface area contributed by atoms with Gasteiger partial charge in [0.25, 0.3) is 0 Å². The Labute approximate surface area is 113 Å². The molecule has 1 nitrogen and oxygen atoms in total. The van der Waals surface area contributed by atoms with Gasteiger partial charge in [-0.15, -0.1) is 0 Å². The first-order valence-electron chi connectivity index (χ1n) is 7.59. The van der Waals surface area contributed by atoms with E-state index < -0.39 is 0 Å². The molecule has 0 unspecified atom stereocenters. The van der Waals surface area contributed by atoms with Crippen LogP contribution in [0.5, 0.6) is 0 Å². The fraction of sp³-hybridized carbons (Fsp3) is 1.00. The normalized spacial score (nSPS) is 17.8. The average Bonchev–Trinajstić information content (AvgIpc) is 2.33. The molecule has 0 N–H and O–H groups in total. The standard InChI is InChI=1S/C15H31NS/c1-15(2)9-14-17-13-8-4-7-12-16-10-5-3-6-11-16/h15H,3-14H2,1-2H3. The molecule has 1 rings (SSSR count). The first-order valence-corrected chi connectivity index (χ1v) is 8.74. The summed E-state index contributed by atoms with van der Waals surface area (Å²) in [7, 11) is 0. The molecular weight excluding hydrogens is 226 g/mol. The van der Waals surface area contributed by atoms with E-state index in [2.05, 4.69) is 30.5 Å². The second-order valence-electron chi connectivity index (χ2n) is 5.76. The molecule has 1 aliphatic heterocycles. The summed E-state index contributed by atoms with van der Waals surface area (Å²) in [5, 5.41) is 0. The average molecular weight is 257 g/mol. The van der Waals surface area contributed by atoms with Crippen LogP contribution >= 0.6 is 11.8 Å². The fourth-order valence-electron chi connectivity index (χ4n) is 2.32. The first-order chi connectivity index (χ1) is 8.29. The zero-order valence-electron chi connectivity index (χ0n) is 11.9. The number of unbranched alkanes of at least 4 members (excludes halogenated alkanes) is 2. The van der Waals surface area contributed by atoms with Crippen LogP contribution in [0.15, 0.2) is 0 Å². The van der Waals surface area contributed by atoms with Gasteiger partial charge < -0.3 is 4.90 Å². The van der Waals surface area contributed by atoms with Gasteiger partial charge in [-0.3, -0.25) is 0 Å². The van der Waals surface area contributed by atoms with Crippen LogP contribution in [0.2, 0.25) is 0 Å². The van der Waals surface area contributed by atoms with Gasteiger partial charge in [-0.2, -0.15) is 11.8 Å². The largest absolute Gasteiger partial charge is 0.303 e. The Bertz CT molecular complexity index is 164. The van der Waals surface area contributed by atoms with E-state index in [1.807, 2.05) is 0 Å². The smallest absolute Gasteiger partial charge is 0.00187 e. The Balaban J connectivity index is 1.78. The highest BCUT2D eigenvalue weighted by molar-refractivity contribution is 7.99. The van der Waals surface area contributed by atoms with E-state index in [0.717, 1.165) is 5.92 Å². The van der Waals surface area contributed by atoms with E-state index in [1.54, 1.807) is 0 Å². The summed E-state index contributed by atoms with van der Waals surface area (Å²) >= 11 is 2.15. The van der Waals surface area contributed by atoms with Crippen molar-refractivity contribution in [2.45, 2.75) is 58.8 Å². The molecule has 1 fully saturated rings. The predicted octanol–water partition coefficient (Wildman–Crippen LogP) is 4.42. The molecule has 0 spiro atoms. The summed E-state index contributed by atoms with van der Waals surface area (Å²) in [6.45, 7) is 8.72. The Morgan fingerprint density at radius 2 is 1.71 bits per heavy atom. The van der Waals surface area contributed by atoms with Crippen molar-refractivity contribution >= 4 is 11.8 Å². The molecule has 0 bridgehead atoms. The van der Waals surface area contributed by atoms with Crippen molar-refractivity contribution < 1.29 is 0 Å². The third kappa shape index (κ3) is 8.96. The number of likely N-dealkylation sites (tertiary alicyclic amines) is 1. The first kappa shape index (κ1) is 15.4. The zero-order chi connectivity index (χ0) is 12.3. The molecule has 0 saturated carbocycles. The molecule has 2 heteroatoms. The fourth-order valence-corrected chi connectivity index (χ4v) is 3.57. The van der Waals surface area contributed by atoms with Crippen LogP contribution in [0.3, 0.4) is 0 Å². The molecule has 0 radical (unpaired) electrons. The van der Waals surface area contributed by atoms with Gasteiger partial charge in [0.1, 0.15) is 0 Å². The van der Waals surface area contributed by atoms with Crippen molar-refractivity contribution in [1.82, 2.24) is 4.90 Å². The van der Waals surface area contributed by atoms with Crippen molar-refractivity contribution in [3.63, 3.8) is 0 Å². The monoisotopic (exact) mass is 257 g/mol. The van der Waals surface area contributed by atoms with Gasteiger partial charge in [-0.1, -0.05) is 26.7 Å². The molecular formula is C15H31NS. The van der Waals surface area contributed by atoms with Gasteiger partial charge in [-0.25, -0.2) is 0 Å². The van der Waals surface area contributed by atoms with Gasteiger partial charge in [0.2, 0.25) is 0 Å². The van der Waals surface area contributed by atoms with Crippen LogP contribution in [0, 0.1) is 5.92 Å². The maximum atomic E-state index is 2.66. The van der Waals surface area contributed by atoms with Crippen LogP contribution < -0.4 is 0 Å². The topological polar surface area (TPSA) is 3.24 Å². The van der Waals surface area contributed by atoms with E-state index in [1.165, 1.54) is 76.1 Å². The van der Waals surface area contributed by atoms with Crippen molar-refractivity contribution in [1.29, 1.82) is 0 Å². The SMILES string of the molecule is CC(C)CCSCCCCCN1CCCCC1. The van der Waals surface area contributed by atoms with Gasteiger partial charge in [0.05, 0.1) is 0 Å². The maximum Gasteiger partial charge on any atom is -0.00187 e. The molecule has 0 aromatic heterocycles. The van der Waals surface area contributed by atoms with E-state index in [0.29, 0.717) is 0 Å². The lowest BCUT2D eigenvalue weighted by Crippen LogP contribution is -2.30. The van der Waals surface area contributed by atoms with Gasteiger partial charge in [-0.05, 0) is 69.2 Å². The Morgan fingerprint density at radius 3 is 2.41 bits per heavy atom. The molecule has 102 valence electrons. The summed E-state index contributed by atoms with van der Waals surface area (Å²) in [5.41, 5.74) is 0. The Morgan fingerprint density at radius 1 is 0.941 bits per heavy atom. The summed E-state index contributed by atoms with van der Waals surface area (Å²) in [6.07, 6.45) is 10.0. The maximum absolute atomic E-state index is 2.66. The third-order valence-electron chi connectivity index (χ3n) is 3.55. The van der Waals surface area contributed by atoms with Crippen molar-refractivity contribution in [2.75, 3.05) is 31.1 Å². The van der Waals surface area contributed by atoms with Crippen LogP contribution in [0.4, 0.5) is 0 Å². The summed E-state index contributed by atoms with van der Waals surface area (Å²) in [4.78, 5) is 2.66. The molecule has 17 heavy (non-hydrogen) atoms. The molecule has 1 heterocycles. The minimum Gasteiger partial charge on any atom is -0.303 e. The highest BCUT2D eigenvalue weighted by Gasteiger charge is 2.08. The number of thioether (sulfide) groups is 1. The van der Waals surface area contributed by atoms with Crippen molar-refractivity contribution in [3.05, 3.63) is 0 Å². The molecule has 0 atom stereocenters. The highest BCUT2D eigenvalue weighted by Crippen LogP contribution is 2.13. The van der Waals surface area contributed by atoms with Crippen LogP contribution in [0.1, 0.15) is 58.8 Å². The minimum absolute atomic E-state index is 0.876. The lowest BCUT2D eigenvalue weighted by Gasteiger charge is -2.26. The second kappa shape index (κ2) is 10.3. The molecule has 0 aromatic rings. The summed E-state index contributed by atoms with van der Waals surface area (Å²) < 4.78 is 0. The Hall–Kier alpha value is 0.310.